The van der Waals surface area contributed by atoms with E-state index < -0.39 is 33.1 Å². The van der Waals surface area contributed by atoms with Crippen molar-refractivity contribution in [1.82, 2.24) is 0 Å². The van der Waals surface area contributed by atoms with E-state index in [0.717, 1.165) is 18.2 Å². The van der Waals surface area contributed by atoms with Gasteiger partial charge in [0.2, 0.25) is 10.0 Å². The number of hydrogen-bond donors (Lipinski definition) is 2. The third-order valence-electron chi connectivity index (χ3n) is 2.01. The zero-order valence-corrected chi connectivity index (χ0v) is 10.9. The summed E-state index contributed by atoms with van der Waals surface area (Å²) in [5.74, 6) is -1.87. The molecule has 104 valence electrons. The number of halogens is 1. The number of hydrogen-bond acceptors (Lipinski definition) is 5. The highest BCUT2D eigenvalue weighted by molar-refractivity contribution is 7.92. The average molecular weight is 309 g/mol. The van der Waals surface area contributed by atoms with E-state index in [2.05, 4.69) is 4.72 Å². The highest BCUT2D eigenvalue weighted by Crippen LogP contribution is 2.27. The standard InChI is InChI=1S/C9H9ClN2O6S/c10-7-5-6(12(15)16)1-2-8(7)11-19(17,18)4-3-9(13)14/h1-2,5,11H,3-4H2,(H,13,14). The number of rotatable bonds is 6. The predicted octanol–water partition coefficient (Wildman–Crippen LogP) is 1.46. The number of non-ortho nitro benzene ring substituents is 1. The quantitative estimate of drug-likeness (QED) is 0.605. The van der Waals surface area contributed by atoms with E-state index in [1.54, 1.807) is 0 Å². The van der Waals surface area contributed by atoms with Crippen molar-refractivity contribution in [3.8, 4) is 0 Å². The molecule has 19 heavy (non-hydrogen) atoms. The van der Waals surface area contributed by atoms with Gasteiger partial charge in [-0.2, -0.15) is 0 Å². The van der Waals surface area contributed by atoms with Crippen LogP contribution in [0, 0.1) is 10.1 Å². The van der Waals surface area contributed by atoms with Gasteiger partial charge in [-0.15, -0.1) is 0 Å². The van der Waals surface area contributed by atoms with E-state index >= 15 is 0 Å². The Morgan fingerprint density at radius 2 is 2.11 bits per heavy atom. The summed E-state index contributed by atoms with van der Waals surface area (Å²) in [4.78, 5) is 20.1. The molecular formula is C9H9ClN2O6S. The highest BCUT2D eigenvalue weighted by atomic mass is 35.5. The molecule has 0 aliphatic heterocycles. The summed E-state index contributed by atoms with van der Waals surface area (Å²) in [6.07, 6.45) is -0.556. The monoisotopic (exact) mass is 308 g/mol. The number of carbonyl (C=O) groups is 1. The van der Waals surface area contributed by atoms with Crippen LogP contribution >= 0.6 is 11.6 Å². The Bertz CT molecular complexity index is 615. The lowest BCUT2D eigenvalue weighted by Gasteiger charge is -2.08. The number of nitro groups is 1. The van der Waals surface area contributed by atoms with Crippen molar-refractivity contribution in [2.24, 2.45) is 0 Å². The third-order valence-corrected chi connectivity index (χ3v) is 3.60. The van der Waals surface area contributed by atoms with Gasteiger partial charge < -0.3 is 5.11 Å². The van der Waals surface area contributed by atoms with Crippen molar-refractivity contribution in [2.75, 3.05) is 10.5 Å². The fourth-order valence-corrected chi connectivity index (χ4v) is 2.48. The number of carboxylic acids is 1. The van der Waals surface area contributed by atoms with Gasteiger partial charge in [0.05, 0.1) is 27.8 Å². The molecule has 2 N–H and O–H groups in total. The van der Waals surface area contributed by atoms with Crippen molar-refractivity contribution >= 4 is 39.0 Å². The third kappa shape index (κ3) is 4.72. The van der Waals surface area contributed by atoms with Gasteiger partial charge in [0, 0.05) is 12.1 Å². The number of carboxylic acid groups (broad SMARTS) is 1. The van der Waals surface area contributed by atoms with Gasteiger partial charge in [-0.25, -0.2) is 8.42 Å². The molecule has 0 spiro atoms. The average Bonchev–Trinajstić information content (AvgIpc) is 2.29. The number of nitro benzene ring substituents is 1. The first-order valence-corrected chi connectivity index (χ1v) is 6.90. The van der Waals surface area contributed by atoms with Gasteiger partial charge in [-0.3, -0.25) is 19.6 Å². The van der Waals surface area contributed by atoms with Crippen LogP contribution in [0.4, 0.5) is 11.4 Å². The Labute approximate surface area is 113 Å². The van der Waals surface area contributed by atoms with Gasteiger partial charge >= 0.3 is 5.97 Å². The van der Waals surface area contributed by atoms with Gasteiger partial charge in [0.25, 0.3) is 5.69 Å². The zero-order chi connectivity index (χ0) is 14.6. The molecule has 1 aromatic rings. The highest BCUT2D eigenvalue weighted by Gasteiger charge is 2.16. The van der Waals surface area contributed by atoms with Crippen molar-refractivity contribution in [3.63, 3.8) is 0 Å². The van der Waals surface area contributed by atoms with E-state index in [1.165, 1.54) is 0 Å². The second kappa shape index (κ2) is 5.85. The maximum Gasteiger partial charge on any atom is 0.304 e. The van der Waals surface area contributed by atoms with Gasteiger partial charge in [0.1, 0.15) is 0 Å². The number of anilines is 1. The molecular weight excluding hydrogens is 300 g/mol. The first kappa shape index (κ1) is 15.2. The molecule has 0 fully saturated rings. The van der Waals surface area contributed by atoms with Crippen LogP contribution in [0.3, 0.4) is 0 Å². The first-order chi connectivity index (χ1) is 8.71. The lowest BCUT2D eigenvalue weighted by atomic mass is 10.3. The van der Waals surface area contributed by atoms with Gasteiger partial charge in [-0.05, 0) is 6.07 Å². The van der Waals surface area contributed by atoms with E-state index in [4.69, 9.17) is 16.7 Å². The van der Waals surface area contributed by atoms with Crippen LogP contribution in [0.25, 0.3) is 0 Å². The second-order valence-corrected chi connectivity index (χ2v) is 5.73. The molecule has 10 heteroatoms. The van der Waals surface area contributed by atoms with E-state index in [9.17, 15) is 23.3 Å². The van der Waals surface area contributed by atoms with Crippen LogP contribution in [0.2, 0.25) is 5.02 Å². The predicted molar refractivity (Wildman–Crippen MR) is 67.8 cm³/mol. The summed E-state index contributed by atoms with van der Waals surface area (Å²) in [5, 5.41) is 18.7. The van der Waals surface area contributed by atoms with Gasteiger partial charge in [0.15, 0.2) is 0 Å². The summed E-state index contributed by atoms with van der Waals surface area (Å²) in [5.41, 5.74) is -0.323. The van der Waals surface area contributed by atoms with Crippen molar-refractivity contribution in [1.29, 1.82) is 0 Å². The lowest BCUT2D eigenvalue weighted by Crippen LogP contribution is -2.19. The van der Waals surface area contributed by atoms with Crippen LogP contribution in [-0.2, 0) is 14.8 Å². The van der Waals surface area contributed by atoms with Gasteiger partial charge in [-0.1, -0.05) is 11.6 Å². The van der Waals surface area contributed by atoms with Crippen molar-refractivity contribution < 1.29 is 23.2 Å². The molecule has 0 aliphatic carbocycles. The molecule has 0 saturated carbocycles. The van der Waals surface area contributed by atoms with Crippen molar-refractivity contribution in [2.45, 2.75) is 6.42 Å². The molecule has 0 aliphatic rings. The van der Waals surface area contributed by atoms with E-state index in [-0.39, 0.29) is 16.4 Å². The smallest absolute Gasteiger partial charge is 0.304 e. The van der Waals surface area contributed by atoms with Crippen LogP contribution in [0.5, 0.6) is 0 Å². The molecule has 0 atom stereocenters. The first-order valence-electron chi connectivity index (χ1n) is 4.87. The van der Waals surface area contributed by atoms with E-state index in [1.807, 2.05) is 0 Å². The SMILES string of the molecule is O=C(O)CCS(=O)(=O)Nc1ccc([N+](=O)[O-])cc1Cl. The van der Waals surface area contributed by atoms with Crippen LogP contribution < -0.4 is 4.72 Å². The summed E-state index contributed by atoms with van der Waals surface area (Å²) in [6, 6.07) is 3.22. The zero-order valence-electron chi connectivity index (χ0n) is 9.37. The minimum atomic E-state index is -3.87. The lowest BCUT2D eigenvalue weighted by molar-refractivity contribution is -0.384. The molecule has 1 aromatic carbocycles. The maximum absolute atomic E-state index is 11.5. The number of nitrogens with one attached hydrogen (secondary N) is 1. The minimum absolute atomic E-state index is 0.0438. The Kier molecular flexibility index (Phi) is 4.67. The summed E-state index contributed by atoms with van der Waals surface area (Å²) >= 11 is 5.69. The number of nitrogens with zero attached hydrogens (tertiary/aromatic N) is 1. The Morgan fingerprint density at radius 3 is 2.58 bits per heavy atom. The number of benzene rings is 1. The number of aliphatic carboxylic acids is 1. The fourth-order valence-electron chi connectivity index (χ4n) is 1.14. The molecule has 0 unspecified atom stereocenters. The van der Waals surface area contributed by atoms with Crippen molar-refractivity contribution in [3.05, 3.63) is 33.3 Å². The summed E-state index contributed by atoms with van der Waals surface area (Å²) in [7, 11) is -3.87. The molecule has 0 radical (unpaired) electrons. The molecule has 1 rings (SSSR count). The molecule has 8 nitrogen and oxygen atoms in total. The topological polar surface area (TPSA) is 127 Å². The molecule has 0 heterocycles. The Morgan fingerprint density at radius 1 is 1.47 bits per heavy atom. The van der Waals surface area contributed by atoms with Crippen LogP contribution in [-0.4, -0.2) is 30.2 Å². The Balaban J connectivity index is 2.88. The summed E-state index contributed by atoms with van der Waals surface area (Å²) in [6.45, 7) is 0. The normalized spacial score (nSPS) is 11.0. The minimum Gasteiger partial charge on any atom is -0.481 e. The van der Waals surface area contributed by atoms with Crippen LogP contribution in [0.1, 0.15) is 6.42 Å². The number of sulfonamides is 1. The molecule has 0 saturated heterocycles. The maximum atomic E-state index is 11.5. The molecule has 0 aromatic heterocycles. The largest absolute Gasteiger partial charge is 0.481 e. The molecule has 0 amide bonds. The fraction of sp³-hybridized carbons (Fsp3) is 0.222. The molecule has 0 bridgehead atoms. The Hall–Kier alpha value is -1.87. The van der Waals surface area contributed by atoms with E-state index in [0.29, 0.717) is 0 Å². The van der Waals surface area contributed by atoms with Crippen LogP contribution in [0.15, 0.2) is 18.2 Å². The second-order valence-electron chi connectivity index (χ2n) is 3.49. The summed E-state index contributed by atoms with van der Waals surface area (Å²) < 4.78 is 25.1.